The molecule has 0 aliphatic heterocycles. The molecule has 1 aromatic heterocycles. The molecule has 1 heterocycles. The lowest BCUT2D eigenvalue weighted by molar-refractivity contribution is -0.143. The van der Waals surface area contributed by atoms with Crippen molar-refractivity contribution in [3.05, 3.63) is 12.4 Å². The summed E-state index contributed by atoms with van der Waals surface area (Å²) in [7, 11) is 1.55. The number of nitrogens with one attached hydrogen (secondary N) is 1. The molecular formula is C13H17N3O3. The normalized spacial score (nSPS) is 32.3. The van der Waals surface area contributed by atoms with Crippen LogP contribution in [0.5, 0.6) is 5.88 Å². The highest BCUT2D eigenvalue weighted by Gasteiger charge is 2.51. The minimum absolute atomic E-state index is 0.0316. The van der Waals surface area contributed by atoms with Crippen LogP contribution in [0, 0.1) is 17.8 Å². The Hall–Kier alpha value is -1.85. The molecule has 2 aliphatic rings. The summed E-state index contributed by atoms with van der Waals surface area (Å²) in [6.45, 7) is 0. The fraction of sp³-hybridized carbons (Fsp3) is 0.615. The molecule has 2 aliphatic carbocycles. The lowest BCUT2D eigenvalue weighted by Crippen LogP contribution is -2.39. The Morgan fingerprint density at radius 1 is 1.42 bits per heavy atom. The maximum absolute atomic E-state index is 11.4. The number of fused-ring (bicyclic) bond motifs is 2. The van der Waals surface area contributed by atoms with Crippen molar-refractivity contribution in [2.45, 2.75) is 25.3 Å². The molecule has 0 aromatic carbocycles. The summed E-state index contributed by atoms with van der Waals surface area (Å²) in [6.07, 6.45) is 4.57. The number of methoxy groups -OCH3 is 1. The van der Waals surface area contributed by atoms with Gasteiger partial charge in [0.15, 0.2) is 0 Å². The number of nitrogens with zero attached hydrogens (tertiary/aromatic N) is 2. The van der Waals surface area contributed by atoms with Gasteiger partial charge in [-0.25, -0.2) is 9.97 Å². The zero-order chi connectivity index (χ0) is 13.4. The van der Waals surface area contributed by atoms with Crippen molar-refractivity contribution in [2.24, 2.45) is 17.8 Å². The first-order chi connectivity index (χ1) is 9.19. The summed E-state index contributed by atoms with van der Waals surface area (Å²) in [4.78, 5) is 19.5. The summed E-state index contributed by atoms with van der Waals surface area (Å²) in [6, 6.07) is 1.67. The highest BCUT2D eigenvalue weighted by atomic mass is 16.5. The number of ether oxygens (including phenoxy) is 1. The number of carboxylic acids is 1. The molecule has 0 saturated heterocycles. The third-order valence-corrected chi connectivity index (χ3v) is 4.37. The summed E-state index contributed by atoms with van der Waals surface area (Å²) in [5.74, 6) is 0.851. The molecule has 0 spiro atoms. The average molecular weight is 263 g/mol. The summed E-state index contributed by atoms with van der Waals surface area (Å²) in [5.41, 5.74) is 0. The predicted molar refractivity (Wildman–Crippen MR) is 68.0 cm³/mol. The van der Waals surface area contributed by atoms with Crippen molar-refractivity contribution < 1.29 is 14.6 Å². The Morgan fingerprint density at radius 2 is 2.21 bits per heavy atom. The molecule has 2 N–H and O–H groups in total. The van der Waals surface area contributed by atoms with Gasteiger partial charge < -0.3 is 15.2 Å². The minimum Gasteiger partial charge on any atom is -0.481 e. The second kappa shape index (κ2) is 4.68. The summed E-state index contributed by atoms with van der Waals surface area (Å²) < 4.78 is 5.05. The fourth-order valence-corrected chi connectivity index (χ4v) is 3.56. The van der Waals surface area contributed by atoms with Gasteiger partial charge in [0.25, 0.3) is 0 Å². The van der Waals surface area contributed by atoms with E-state index in [1.807, 2.05) is 0 Å². The zero-order valence-corrected chi connectivity index (χ0v) is 10.7. The van der Waals surface area contributed by atoms with Crippen molar-refractivity contribution in [1.29, 1.82) is 0 Å². The van der Waals surface area contributed by atoms with E-state index >= 15 is 0 Å². The van der Waals surface area contributed by atoms with E-state index in [4.69, 9.17) is 4.74 Å². The third-order valence-electron chi connectivity index (χ3n) is 4.37. The van der Waals surface area contributed by atoms with Crippen LogP contribution < -0.4 is 10.1 Å². The number of aromatic nitrogens is 2. The van der Waals surface area contributed by atoms with E-state index in [-0.39, 0.29) is 12.0 Å². The highest BCUT2D eigenvalue weighted by Crippen LogP contribution is 2.49. The van der Waals surface area contributed by atoms with Gasteiger partial charge >= 0.3 is 5.97 Å². The Balaban J connectivity index is 1.79. The molecule has 0 amide bonds. The SMILES string of the molecule is COc1cc(NC2C3CCC(C3)C2C(=O)O)ncn1. The van der Waals surface area contributed by atoms with E-state index in [1.54, 1.807) is 13.2 Å². The first kappa shape index (κ1) is 12.2. The van der Waals surface area contributed by atoms with Gasteiger partial charge in [-0.2, -0.15) is 0 Å². The molecule has 2 fully saturated rings. The number of carbonyl (C=O) groups is 1. The quantitative estimate of drug-likeness (QED) is 0.854. The Morgan fingerprint density at radius 3 is 2.95 bits per heavy atom. The van der Waals surface area contributed by atoms with Crippen LogP contribution in [-0.2, 0) is 4.79 Å². The highest BCUT2D eigenvalue weighted by molar-refractivity contribution is 5.73. The van der Waals surface area contributed by atoms with Crippen molar-refractivity contribution in [1.82, 2.24) is 9.97 Å². The minimum atomic E-state index is -0.703. The third kappa shape index (κ3) is 2.11. The topological polar surface area (TPSA) is 84.3 Å². The number of hydrogen-bond acceptors (Lipinski definition) is 5. The van der Waals surface area contributed by atoms with Gasteiger partial charge in [0.1, 0.15) is 12.1 Å². The average Bonchev–Trinajstić information content (AvgIpc) is 2.99. The van der Waals surface area contributed by atoms with E-state index in [0.29, 0.717) is 23.5 Å². The Labute approximate surface area is 111 Å². The van der Waals surface area contributed by atoms with E-state index in [1.165, 1.54) is 6.33 Å². The van der Waals surface area contributed by atoms with Crippen LogP contribution in [-0.4, -0.2) is 34.2 Å². The van der Waals surface area contributed by atoms with Crippen molar-refractivity contribution >= 4 is 11.8 Å². The van der Waals surface area contributed by atoms with Gasteiger partial charge in [0.2, 0.25) is 5.88 Å². The van der Waals surface area contributed by atoms with Crippen LogP contribution in [0.2, 0.25) is 0 Å². The second-order valence-electron chi connectivity index (χ2n) is 5.31. The molecular weight excluding hydrogens is 246 g/mol. The molecule has 0 radical (unpaired) electrons. The molecule has 2 saturated carbocycles. The Kier molecular flexibility index (Phi) is 3.00. The summed E-state index contributed by atoms with van der Waals surface area (Å²) in [5, 5.41) is 12.7. The molecule has 6 heteroatoms. The standard InChI is InChI=1S/C13H17N3O3/c1-19-10-5-9(14-6-15-10)16-12-8-3-2-7(4-8)11(12)13(17)18/h5-8,11-12H,2-4H2,1H3,(H,17,18)(H,14,15,16). The van der Waals surface area contributed by atoms with E-state index in [2.05, 4.69) is 15.3 Å². The van der Waals surface area contributed by atoms with Gasteiger partial charge in [-0.15, -0.1) is 0 Å². The number of carboxylic acid groups (broad SMARTS) is 1. The lowest BCUT2D eigenvalue weighted by Gasteiger charge is -2.29. The molecule has 4 unspecified atom stereocenters. The molecule has 102 valence electrons. The fourth-order valence-electron chi connectivity index (χ4n) is 3.56. The van der Waals surface area contributed by atoms with Gasteiger partial charge in [0.05, 0.1) is 13.0 Å². The molecule has 6 nitrogen and oxygen atoms in total. The van der Waals surface area contributed by atoms with E-state index in [9.17, 15) is 9.90 Å². The maximum atomic E-state index is 11.4. The van der Waals surface area contributed by atoms with Crippen LogP contribution in [0.3, 0.4) is 0 Å². The van der Waals surface area contributed by atoms with Crippen LogP contribution in [0.25, 0.3) is 0 Å². The van der Waals surface area contributed by atoms with Crippen LogP contribution >= 0.6 is 0 Å². The van der Waals surface area contributed by atoms with Crippen molar-refractivity contribution in [2.75, 3.05) is 12.4 Å². The maximum Gasteiger partial charge on any atom is 0.308 e. The van der Waals surface area contributed by atoms with Crippen LogP contribution in [0.4, 0.5) is 5.82 Å². The first-order valence-electron chi connectivity index (χ1n) is 6.54. The Bertz CT molecular complexity index is 494. The van der Waals surface area contributed by atoms with E-state index < -0.39 is 5.97 Å². The second-order valence-corrected chi connectivity index (χ2v) is 5.31. The smallest absolute Gasteiger partial charge is 0.308 e. The zero-order valence-electron chi connectivity index (χ0n) is 10.7. The van der Waals surface area contributed by atoms with Crippen LogP contribution in [0.15, 0.2) is 12.4 Å². The van der Waals surface area contributed by atoms with Gasteiger partial charge in [-0.05, 0) is 31.1 Å². The van der Waals surface area contributed by atoms with Gasteiger partial charge in [-0.1, -0.05) is 0 Å². The molecule has 19 heavy (non-hydrogen) atoms. The molecule has 2 bridgehead atoms. The van der Waals surface area contributed by atoms with Crippen molar-refractivity contribution in [3.8, 4) is 5.88 Å². The largest absolute Gasteiger partial charge is 0.481 e. The van der Waals surface area contributed by atoms with Crippen LogP contribution in [0.1, 0.15) is 19.3 Å². The number of aliphatic carboxylic acids is 1. The number of rotatable bonds is 4. The van der Waals surface area contributed by atoms with E-state index in [0.717, 1.165) is 19.3 Å². The summed E-state index contributed by atoms with van der Waals surface area (Å²) >= 11 is 0. The molecule has 3 rings (SSSR count). The van der Waals surface area contributed by atoms with Gasteiger partial charge in [0, 0.05) is 12.1 Å². The lowest BCUT2D eigenvalue weighted by atomic mass is 9.84. The van der Waals surface area contributed by atoms with Gasteiger partial charge in [-0.3, -0.25) is 4.79 Å². The molecule has 1 aromatic rings. The van der Waals surface area contributed by atoms with Crippen molar-refractivity contribution in [3.63, 3.8) is 0 Å². The predicted octanol–water partition coefficient (Wildman–Crippen LogP) is 1.40. The number of anilines is 1. The number of hydrogen-bond donors (Lipinski definition) is 2. The molecule has 4 atom stereocenters. The first-order valence-corrected chi connectivity index (χ1v) is 6.54. The monoisotopic (exact) mass is 263 g/mol.